The molecule has 1 aromatic carbocycles. The molecule has 3 heterocycles. The number of amides is 1. The number of thiophene rings is 1. The highest BCUT2D eigenvalue weighted by Gasteiger charge is 2.18. The number of benzene rings is 1. The second-order valence-electron chi connectivity index (χ2n) is 5.41. The Morgan fingerprint density at radius 3 is 2.88 bits per heavy atom. The van der Waals surface area contributed by atoms with Gasteiger partial charge in [-0.1, -0.05) is 17.7 Å². The van der Waals surface area contributed by atoms with E-state index in [1.165, 1.54) is 22.7 Å². The molecular formula is C17H13ClN2O3S2. The Hall–Kier alpha value is -2.09. The van der Waals surface area contributed by atoms with Crippen LogP contribution in [-0.2, 0) is 6.54 Å². The molecule has 0 aliphatic carbocycles. The first-order chi connectivity index (χ1) is 12.1. The molecule has 1 amide bonds. The smallest absolute Gasteiger partial charge is 0.263 e. The van der Waals surface area contributed by atoms with E-state index in [0.29, 0.717) is 27.2 Å². The van der Waals surface area contributed by atoms with Gasteiger partial charge in [-0.15, -0.1) is 22.7 Å². The van der Waals surface area contributed by atoms with Gasteiger partial charge in [0.05, 0.1) is 14.9 Å². The zero-order chi connectivity index (χ0) is 17.4. The number of carbonyl (C=O) groups excluding carboxylic acids is 1. The molecule has 0 spiro atoms. The van der Waals surface area contributed by atoms with Crippen LogP contribution in [0.2, 0.25) is 4.34 Å². The average Bonchev–Trinajstić information content (AvgIpc) is 3.31. The van der Waals surface area contributed by atoms with Gasteiger partial charge in [-0.2, -0.15) is 0 Å². The lowest BCUT2D eigenvalue weighted by molar-refractivity contribution is 0.0954. The van der Waals surface area contributed by atoms with E-state index in [1.807, 2.05) is 37.3 Å². The number of carbonyl (C=O) groups is 1. The van der Waals surface area contributed by atoms with Gasteiger partial charge in [0, 0.05) is 6.54 Å². The molecule has 0 fully saturated rings. The maximum Gasteiger partial charge on any atom is 0.263 e. The van der Waals surface area contributed by atoms with Gasteiger partial charge >= 0.3 is 0 Å². The first-order valence-electron chi connectivity index (χ1n) is 7.50. The minimum Gasteiger partial charge on any atom is -0.454 e. The summed E-state index contributed by atoms with van der Waals surface area (Å²) in [7, 11) is 0. The van der Waals surface area contributed by atoms with Crippen LogP contribution < -0.4 is 14.8 Å². The van der Waals surface area contributed by atoms with Crippen molar-refractivity contribution in [3.05, 3.63) is 50.8 Å². The number of nitrogens with one attached hydrogen (secondary N) is 1. The minimum atomic E-state index is -0.137. The highest BCUT2D eigenvalue weighted by Crippen LogP contribution is 2.35. The molecular weight excluding hydrogens is 380 g/mol. The molecule has 3 aromatic rings. The van der Waals surface area contributed by atoms with Crippen molar-refractivity contribution in [2.45, 2.75) is 13.5 Å². The van der Waals surface area contributed by atoms with Crippen LogP contribution in [0.1, 0.15) is 20.9 Å². The van der Waals surface area contributed by atoms with E-state index in [9.17, 15) is 4.79 Å². The van der Waals surface area contributed by atoms with E-state index in [1.54, 1.807) is 0 Å². The lowest BCUT2D eigenvalue weighted by atomic mass is 10.2. The molecule has 0 bridgehead atoms. The molecule has 25 heavy (non-hydrogen) atoms. The van der Waals surface area contributed by atoms with Gasteiger partial charge < -0.3 is 14.8 Å². The van der Waals surface area contributed by atoms with Crippen LogP contribution in [0.3, 0.4) is 0 Å². The Balaban J connectivity index is 1.47. The summed E-state index contributed by atoms with van der Waals surface area (Å²) in [6.07, 6.45) is 0. The fraction of sp³-hybridized carbons (Fsp3) is 0.176. The molecule has 0 saturated carbocycles. The molecule has 0 atom stereocenters. The largest absolute Gasteiger partial charge is 0.454 e. The third-order valence-corrected chi connectivity index (χ3v) is 6.23. The zero-order valence-corrected chi connectivity index (χ0v) is 15.6. The number of thiazole rings is 1. The third-order valence-electron chi connectivity index (χ3n) is 3.68. The molecule has 2 aromatic heterocycles. The number of aryl methyl sites for hydroxylation is 1. The van der Waals surface area contributed by atoms with Crippen LogP contribution in [0.5, 0.6) is 11.5 Å². The molecule has 1 aliphatic heterocycles. The number of fused-ring (bicyclic) bond motifs is 1. The van der Waals surface area contributed by atoms with E-state index < -0.39 is 0 Å². The van der Waals surface area contributed by atoms with Gasteiger partial charge in [0.25, 0.3) is 5.91 Å². The SMILES string of the molecule is Cc1nc(-c2ccc(Cl)s2)sc1C(=O)NCc1ccc2c(c1)OCO2. The fourth-order valence-electron chi connectivity index (χ4n) is 2.46. The molecule has 1 N–H and O–H groups in total. The van der Waals surface area contributed by atoms with Crippen molar-refractivity contribution in [2.24, 2.45) is 0 Å². The number of aromatic nitrogens is 1. The van der Waals surface area contributed by atoms with Crippen LogP contribution in [-0.4, -0.2) is 17.7 Å². The maximum atomic E-state index is 12.5. The monoisotopic (exact) mass is 392 g/mol. The molecule has 5 nitrogen and oxygen atoms in total. The van der Waals surface area contributed by atoms with Crippen molar-refractivity contribution in [2.75, 3.05) is 6.79 Å². The Morgan fingerprint density at radius 1 is 1.24 bits per heavy atom. The van der Waals surface area contributed by atoms with Crippen LogP contribution in [0.25, 0.3) is 9.88 Å². The van der Waals surface area contributed by atoms with Gasteiger partial charge in [0.2, 0.25) is 6.79 Å². The van der Waals surface area contributed by atoms with Gasteiger partial charge in [0.1, 0.15) is 9.88 Å². The van der Waals surface area contributed by atoms with Crippen LogP contribution in [0.15, 0.2) is 30.3 Å². The quantitative estimate of drug-likeness (QED) is 0.710. The Kier molecular flexibility index (Phi) is 4.37. The van der Waals surface area contributed by atoms with Gasteiger partial charge in [-0.25, -0.2) is 4.98 Å². The standard InChI is InChI=1S/C17H13ClN2O3S2/c1-9-15(25-17(20-9)13-4-5-14(18)24-13)16(21)19-7-10-2-3-11-12(6-10)23-8-22-11/h2-6H,7-8H2,1H3,(H,19,21). The highest BCUT2D eigenvalue weighted by atomic mass is 35.5. The van der Waals surface area contributed by atoms with Crippen LogP contribution in [0.4, 0.5) is 0 Å². The summed E-state index contributed by atoms with van der Waals surface area (Å²) >= 11 is 8.80. The van der Waals surface area contributed by atoms with Crippen LogP contribution >= 0.6 is 34.3 Å². The summed E-state index contributed by atoms with van der Waals surface area (Å²) in [5, 5.41) is 3.74. The van der Waals surface area contributed by atoms with Crippen molar-refractivity contribution >= 4 is 40.2 Å². The summed E-state index contributed by atoms with van der Waals surface area (Å²) in [5.74, 6) is 1.30. The first-order valence-corrected chi connectivity index (χ1v) is 9.51. The van der Waals surface area contributed by atoms with Gasteiger partial charge in [0.15, 0.2) is 11.5 Å². The fourth-order valence-corrected chi connectivity index (χ4v) is 4.54. The zero-order valence-electron chi connectivity index (χ0n) is 13.2. The maximum absolute atomic E-state index is 12.5. The number of rotatable bonds is 4. The van der Waals surface area contributed by atoms with Crippen molar-refractivity contribution in [1.29, 1.82) is 0 Å². The van der Waals surface area contributed by atoms with Crippen LogP contribution in [0, 0.1) is 6.92 Å². The topological polar surface area (TPSA) is 60.5 Å². The molecule has 0 unspecified atom stereocenters. The molecule has 0 radical (unpaired) electrons. The lowest BCUT2D eigenvalue weighted by Gasteiger charge is -2.05. The number of halogens is 1. The van der Waals surface area contributed by atoms with Gasteiger partial charge in [-0.05, 0) is 36.8 Å². The first kappa shape index (κ1) is 16.4. The Labute approximate surface area is 157 Å². The number of ether oxygens (including phenoxy) is 2. The second-order valence-corrected chi connectivity index (χ2v) is 8.12. The van der Waals surface area contributed by atoms with Crippen molar-refractivity contribution in [3.63, 3.8) is 0 Å². The summed E-state index contributed by atoms with van der Waals surface area (Å²) in [6.45, 7) is 2.48. The Bertz CT molecular complexity index is 951. The normalized spacial score (nSPS) is 12.4. The Morgan fingerprint density at radius 2 is 2.08 bits per heavy atom. The minimum absolute atomic E-state index is 0.137. The summed E-state index contributed by atoms with van der Waals surface area (Å²) in [4.78, 5) is 18.6. The van der Waals surface area contributed by atoms with E-state index >= 15 is 0 Å². The summed E-state index contributed by atoms with van der Waals surface area (Å²) in [5.41, 5.74) is 1.66. The summed E-state index contributed by atoms with van der Waals surface area (Å²) in [6, 6.07) is 9.38. The lowest BCUT2D eigenvalue weighted by Crippen LogP contribution is -2.22. The van der Waals surface area contributed by atoms with E-state index in [4.69, 9.17) is 21.1 Å². The highest BCUT2D eigenvalue weighted by molar-refractivity contribution is 7.24. The summed E-state index contributed by atoms with van der Waals surface area (Å²) < 4.78 is 11.3. The number of hydrogen-bond acceptors (Lipinski definition) is 6. The average molecular weight is 393 g/mol. The molecule has 0 saturated heterocycles. The van der Waals surface area contributed by atoms with E-state index in [-0.39, 0.29) is 12.7 Å². The molecule has 1 aliphatic rings. The van der Waals surface area contributed by atoms with E-state index in [0.717, 1.165) is 21.2 Å². The molecule has 4 rings (SSSR count). The number of nitrogens with zero attached hydrogens (tertiary/aromatic N) is 1. The third kappa shape index (κ3) is 3.35. The van der Waals surface area contributed by atoms with Crippen molar-refractivity contribution in [1.82, 2.24) is 10.3 Å². The molecule has 8 heteroatoms. The van der Waals surface area contributed by atoms with Crippen molar-refractivity contribution in [3.8, 4) is 21.4 Å². The predicted molar refractivity (Wildman–Crippen MR) is 98.9 cm³/mol. The molecule has 128 valence electrons. The predicted octanol–water partition coefficient (Wildman–Crippen LogP) is 4.49. The number of hydrogen-bond donors (Lipinski definition) is 1. The van der Waals surface area contributed by atoms with E-state index in [2.05, 4.69) is 10.3 Å². The van der Waals surface area contributed by atoms with Gasteiger partial charge in [-0.3, -0.25) is 4.79 Å². The van der Waals surface area contributed by atoms with Crippen molar-refractivity contribution < 1.29 is 14.3 Å². The second kappa shape index (κ2) is 6.67.